The summed E-state index contributed by atoms with van der Waals surface area (Å²) in [5, 5.41) is 9.60. The van der Waals surface area contributed by atoms with Gasteiger partial charge in [0.2, 0.25) is 0 Å². The number of allylic oxidation sites excluding steroid dienone is 24. The minimum absolute atomic E-state index is 0.217. The normalized spacial score (nSPS) is 13.9. The van der Waals surface area contributed by atoms with E-state index in [9.17, 15) is 9.90 Å². The maximum absolute atomic E-state index is 12.2. The SMILES string of the molecule is CC/C=C\C/C=C\C/C=C\C/C=C\C/C=C\C/C=C\C/C=C\CCCC(=O)OC(CO)COCCCCCC/C=C\C/C=C\C/C=C\C/C=C\C/C=C\CC. The molecule has 0 spiro atoms. The molecule has 0 aliphatic heterocycles. The van der Waals surface area contributed by atoms with Gasteiger partial charge in [-0.25, -0.2) is 0 Å². The number of carbonyl (C=O) groups excluding carboxylic acids is 1. The van der Waals surface area contributed by atoms with Gasteiger partial charge in [0.25, 0.3) is 0 Å². The number of rotatable bonds is 37. The van der Waals surface area contributed by atoms with Crippen LogP contribution in [-0.2, 0) is 14.3 Å². The van der Waals surface area contributed by atoms with Gasteiger partial charge in [-0.1, -0.05) is 173 Å². The number of aliphatic hydroxyl groups is 1. The second-order valence-electron chi connectivity index (χ2n) is 13.3. The second-order valence-corrected chi connectivity index (χ2v) is 13.3. The number of hydrogen-bond donors (Lipinski definition) is 1. The van der Waals surface area contributed by atoms with E-state index in [1.807, 2.05) is 0 Å². The third-order valence-corrected chi connectivity index (χ3v) is 8.16. The van der Waals surface area contributed by atoms with Crippen molar-refractivity contribution in [1.29, 1.82) is 0 Å². The van der Waals surface area contributed by atoms with Crippen LogP contribution in [0.2, 0.25) is 0 Å². The zero-order valence-electron chi connectivity index (χ0n) is 34.9. The maximum Gasteiger partial charge on any atom is 0.306 e. The summed E-state index contributed by atoms with van der Waals surface area (Å²) in [5.74, 6) is -0.275. The van der Waals surface area contributed by atoms with Crippen LogP contribution in [0.1, 0.15) is 142 Å². The smallest absolute Gasteiger partial charge is 0.306 e. The third kappa shape index (κ3) is 44.6. The Hall–Kier alpha value is -3.73. The Morgan fingerprint density at radius 2 is 0.764 bits per heavy atom. The molecule has 1 N–H and O–H groups in total. The number of unbranched alkanes of at least 4 members (excludes halogenated alkanes) is 5. The Bertz CT molecular complexity index is 1200. The van der Waals surface area contributed by atoms with Crippen molar-refractivity contribution in [2.24, 2.45) is 0 Å². The summed E-state index contributed by atoms with van der Waals surface area (Å²) in [6, 6.07) is 0. The molecule has 0 radical (unpaired) electrons. The molecule has 0 aliphatic rings. The number of aliphatic hydroxyl groups excluding tert-OH is 1. The van der Waals surface area contributed by atoms with E-state index >= 15 is 0 Å². The summed E-state index contributed by atoms with van der Waals surface area (Å²) in [6.45, 7) is 4.96. The molecule has 1 unspecified atom stereocenters. The minimum atomic E-state index is -0.591. The van der Waals surface area contributed by atoms with Gasteiger partial charge in [-0.3, -0.25) is 4.79 Å². The largest absolute Gasteiger partial charge is 0.457 e. The topological polar surface area (TPSA) is 55.8 Å². The molecule has 4 nitrogen and oxygen atoms in total. The average molecular weight is 755 g/mol. The molecule has 0 saturated carbocycles. The van der Waals surface area contributed by atoms with Crippen molar-refractivity contribution in [2.45, 2.75) is 148 Å². The molecule has 0 saturated heterocycles. The first-order valence-corrected chi connectivity index (χ1v) is 21.4. The zero-order valence-corrected chi connectivity index (χ0v) is 34.9. The Kier molecular flexibility index (Phi) is 43.3. The predicted octanol–water partition coefficient (Wildman–Crippen LogP) is 14.4. The molecular weight excluding hydrogens is 677 g/mol. The lowest BCUT2D eigenvalue weighted by atomic mass is 10.1. The van der Waals surface area contributed by atoms with Crippen molar-refractivity contribution < 1.29 is 19.4 Å². The van der Waals surface area contributed by atoms with Crippen molar-refractivity contribution in [2.75, 3.05) is 19.8 Å². The van der Waals surface area contributed by atoms with Crippen LogP contribution in [0.3, 0.4) is 0 Å². The summed E-state index contributed by atoms with van der Waals surface area (Å²) in [5.41, 5.74) is 0. The van der Waals surface area contributed by atoms with Gasteiger partial charge in [-0.2, -0.15) is 0 Å². The third-order valence-electron chi connectivity index (χ3n) is 8.16. The first-order chi connectivity index (χ1) is 27.2. The molecule has 0 bridgehead atoms. The average Bonchev–Trinajstić information content (AvgIpc) is 3.19. The zero-order chi connectivity index (χ0) is 39.8. The highest BCUT2D eigenvalue weighted by molar-refractivity contribution is 5.69. The number of carbonyl (C=O) groups is 1. The van der Waals surface area contributed by atoms with Crippen molar-refractivity contribution in [3.05, 3.63) is 146 Å². The van der Waals surface area contributed by atoms with Gasteiger partial charge < -0.3 is 14.6 Å². The lowest BCUT2D eigenvalue weighted by Crippen LogP contribution is -2.27. The molecular formula is C51H78O4. The Labute approximate surface area is 338 Å². The van der Waals surface area contributed by atoms with Crippen LogP contribution in [0.25, 0.3) is 0 Å². The molecule has 0 amide bonds. The predicted molar refractivity (Wildman–Crippen MR) is 241 cm³/mol. The monoisotopic (exact) mass is 755 g/mol. The Morgan fingerprint density at radius 1 is 0.436 bits per heavy atom. The quantitative estimate of drug-likeness (QED) is 0.0390. The van der Waals surface area contributed by atoms with E-state index in [2.05, 4.69) is 160 Å². The number of esters is 1. The van der Waals surface area contributed by atoms with Gasteiger partial charge in [-0.05, 0) is 109 Å². The Balaban J connectivity index is 3.69. The molecule has 0 aliphatic carbocycles. The first-order valence-electron chi connectivity index (χ1n) is 21.4. The highest BCUT2D eigenvalue weighted by atomic mass is 16.6. The fourth-order valence-electron chi connectivity index (χ4n) is 5.05. The number of ether oxygens (including phenoxy) is 2. The number of hydrogen-bond acceptors (Lipinski definition) is 4. The molecule has 0 aromatic rings. The van der Waals surface area contributed by atoms with Crippen molar-refractivity contribution in [1.82, 2.24) is 0 Å². The van der Waals surface area contributed by atoms with E-state index in [0.29, 0.717) is 13.0 Å². The van der Waals surface area contributed by atoms with E-state index in [1.54, 1.807) is 0 Å². The van der Waals surface area contributed by atoms with Crippen LogP contribution in [0.15, 0.2) is 146 Å². The van der Waals surface area contributed by atoms with Crippen LogP contribution in [-0.4, -0.2) is 37.0 Å². The van der Waals surface area contributed by atoms with Gasteiger partial charge in [-0.15, -0.1) is 0 Å². The summed E-state index contributed by atoms with van der Waals surface area (Å²) in [6.07, 6.45) is 71.9. The highest BCUT2D eigenvalue weighted by Gasteiger charge is 2.13. The second kappa shape index (κ2) is 46.4. The minimum Gasteiger partial charge on any atom is -0.457 e. The van der Waals surface area contributed by atoms with Gasteiger partial charge >= 0.3 is 5.97 Å². The fraction of sp³-hybridized carbons (Fsp3) is 0.510. The van der Waals surface area contributed by atoms with E-state index in [-0.39, 0.29) is 19.2 Å². The van der Waals surface area contributed by atoms with Gasteiger partial charge in [0.15, 0.2) is 0 Å². The van der Waals surface area contributed by atoms with Crippen molar-refractivity contribution >= 4 is 5.97 Å². The molecule has 0 aromatic heterocycles. The van der Waals surface area contributed by atoms with Gasteiger partial charge in [0.1, 0.15) is 6.10 Å². The van der Waals surface area contributed by atoms with Crippen LogP contribution < -0.4 is 0 Å². The Morgan fingerprint density at radius 3 is 1.13 bits per heavy atom. The first kappa shape index (κ1) is 51.3. The molecule has 4 heteroatoms. The van der Waals surface area contributed by atoms with Crippen molar-refractivity contribution in [3.63, 3.8) is 0 Å². The van der Waals surface area contributed by atoms with Crippen LogP contribution in [0.5, 0.6) is 0 Å². The summed E-state index contributed by atoms with van der Waals surface area (Å²) < 4.78 is 11.1. The van der Waals surface area contributed by atoms with Crippen molar-refractivity contribution in [3.8, 4) is 0 Å². The summed E-state index contributed by atoms with van der Waals surface area (Å²) >= 11 is 0. The van der Waals surface area contributed by atoms with E-state index in [0.717, 1.165) is 109 Å². The fourth-order valence-corrected chi connectivity index (χ4v) is 5.05. The van der Waals surface area contributed by atoms with E-state index < -0.39 is 6.10 Å². The van der Waals surface area contributed by atoms with Crippen LogP contribution in [0.4, 0.5) is 0 Å². The van der Waals surface area contributed by atoms with Gasteiger partial charge in [0.05, 0.1) is 13.2 Å². The summed E-state index contributed by atoms with van der Waals surface area (Å²) in [7, 11) is 0. The highest BCUT2D eigenvalue weighted by Crippen LogP contribution is 2.07. The van der Waals surface area contributed by atoms with E-state index in [1.165, 1.54) is 12.8 Å². The standard InChI is InChI=1S/C51H78O4/c1-3-5-7-9-11-13-15-17-19-21-23-25-26-27-28-30-32-34-36-38-40-42-44-46-51(53)55-50(48-52)49-54-47-45-43-41-39-37-35-33-31-29-24-22-20-18-16-14-12-10-8-6-4-2/h5-8,11-14,17-20,23-25,27-29,32-35,38,40,50,52H,3-4,9-10,15-16,21-22,26,30-31,36-37,39,41-49H2,1-2H3/b7-5-,8-6-,13-11-,14-12-,19-17-,20-18-,25-23-,28-27-,29-24-,34-32-,35-33-,40-38-. The van der Waals surface area contributed by atoms with Crippen LogP contribution in [0, 0.1) is 0 Å². The van der Waals surface area contributed by atoms with Gasteiger partial charge in [0, 0.05) is 13.0 Å². The van der Waals surface area contributed by atoms with Crippen LogP contribution >= 0.6 is 0 Å². The maximum atomic E-state index is 12.2. The molecule has 0 heterocycles. The molecule has 306 valence electrons. The lowest BCUT2D eigenvalue weighted by Gasteiger charge is -2.15. The lowest BCUT2D eigenvalue weighted by molar-refractivity contribution is -0.154. The molecule has 1 atom stereocenters. The van der Waals surface area contributed by atoms with E-state index in [4.69, 9.17) is 9.47 Å². The molecule has 55 heavy (non-hydrogen) atoms. The molecule has 0 aromatic carbocycles. The molecule has 0 rings (SSSR count). The molecule has 0 fully saturated rings. The summed E-state index contributed by atoms with van der Waals surface area (Å²) in [4.78, 5) is 12.2.